The normalized spacial score (nSPS) is 10.8. The first-order valence-electron chi connectivity index (χ1n) is 8.77. The van der Waals surface area contributed by atoms with Gasteiger partial charge in [-0.05, 0) is 54.8 Å². The van der Waals surface area contributed by atoms with Gasteiger partial charge in [-0.1, -0.05) is 26.0 Å². The van der Waals surface area contributed by atoms with Crippen molar-refractivity contribution in [3.05, 3.63) is 59.7 Å². The van der Waals surface area contributed by atoms with Crippen LogP contribution in [0.15, 0.2) is 53.4 Å². The van der Waals surface area contributed by atoms with Crippen molar-refractivity contribution in [3.8, 4) is 0 Å². The van der Waals surface area contributed by atoms with Crippen molar-refractivity contribution in [2.45, 2.75) is 36.8 Å². The minimum Gasteiger partial charge on any atom is -0.378 e. The van der Waals surface area contributed by atoms with Crippen LogP contribution in [0.2, 0.25) is 0 Å². The molecule has 1 amide bonds. The molecule has 2 aromatic carbocycles. The van der Waals surface area contributed by atoms with E-state index in [1.807, 2.05) is 38.4 Å². The van der Waals surface area contributed by atoms with Crippen LogP contribution in [0.4, 0.5) is 5.69 Å². The quantitative estimate of drug-likeness (QED) is 0.553. The Balaban J connectivity index is 1.74. The summed E-state index contributed by atoms with van der Waals surface area (Å²) in [6.45, 7) is 5.02. The number of anilines is 1. The second kappa shape index (κ2) is 9.52. The van der Waals surface area contributed by atoms with Crippen LogP contribution < -0.4 is 10.2 Å². The number of hydrogen-bond acceptors (Lipinski definition) is 3. The molecule has 0 radical (unpaired) electrons. The molecule has 4 heteroatoms. The molecule has 0 atom stereocenters. The van der Waals surface area contributed by atoms with E-state index in [-0.39, 0.29) is 5.91 Å². The van der Waals surface area contributed by atoms with Gasteiger partial charge in [0.2, 0.25) is 0 Å². The van der Waals surface area contributed by atoms with E-state index in [1.165, 1.54) is 16.1 Å². The van der Waals surface area contributed by atoms with E-state index >= 15 is 0 Å². The van der Waals surface area contributed by atoms with Crippen molar-refractivity contribution in [2.75, 3.05) is 25.5 Å². The van der Waals surface area contributed by atoms with Crippen molar-refractivity contribution in [1.29, 1.82) is 0 Å². The molecule has 0 heterocycles. The molecule has 0 saturated carbocycles. The average Bonchev–Trinajstić information content (AvgIpc) is 2.59. The maximum absolute atomic E-state index is 12.2. The first-order valence-corrected chi connectivity index (χ1v) is 9.65. The van der Waals surface area contributed by atoms with Gasteiger partial charge in [0.25, 0.3) is 5.91 Å². The Morgan fingerprint density at radius 3 is 2.24 bits per heavy atom. The minimum absolute atomic E-state index is 0.00375. The molecular formula is C21H28N2OS. The highest BCUT2D eigenvalue weighted by Gasteiger charge is 2.06. The van der Waals surface area contributed by atoms with Crippen LogP contribution in [-0.2, 0) is 6.42 Å². The Morgan fingerprint density at radius 1 is 1.04 bits per heavy atom. The van der Waals surface area contributed by atoms with E-state index < -0.39 is 0 Å². The number of amides is 1. The Kier molecular flexibility index (Phi) is 7.38. The van der Waals surface area contributed by atoms with Crippen LogP contribution in [0.5, 0.6) is 0 Å². The molecule has 134 valence electrons. The zero-order valence-corrected chi connectivity index (χ0v) is 16.4. The number of aryl methyl sites for hydroxylation is 1. The molecule has 0 bridgehead atoms. The maximum atomic E-state index is 12.2. The van der Waals surface area contributed by atoms with Crippen LogP contribution in [-0.4, -0.2) is 31.8 Å². The first-order chi connectivity index (χ1) is 12.0. The van der Waals surface area contributed by atoms with Crippen LogP contribution in [0.3, 0.4) is 0 Å². The number of rotatable bonds is 8. The summed E-state index contributed by atoms with van der Waals surface area (Å²) < 4.78 is 0. The topological polar surface area (TPSA) is 32.3 Å². The molecular weight excluding hydrogens is 328 g/mol. The summed E-state index contributed by atoms with van der Waals surface area (Å²) >= 11 is 1.81. The van der Waals surface area contributed by atoms with Crippen molar-refractivity contribution < 1.29 is 4.79 Å². The highest BCUT2D eigenvalue weighted by atomic mass is 32.2. The van der Waals surface area contributed by atoms with Gasteiger partial charge in [0, 0.05) is 42.0 Å². The lowest BCUT2D eigenvalue weighted by atomic mass is 10.1. The SMILES string of the molecule is CC(C)Sc1ccc(C(=O)NCCCc2ccc(N(C)C)cc2)cc1. The van der Waals surface area contributed by atoms with Crippen molar-refractivity contribution in [2.24, 2.45) is 0 Å². The third-order valence-electron chi connectivity index (χ3n) is 3.87. The fraction of sp³-hybridized carbons (Fsp3) is 0.381. The number of benzene rings is 2. The summed E-state index contributed by atoms with van der Waals surface area (Å²) in [6.07, 6.45) is 1.91. The number of nitrogens with one attached hydrogen (secondary N) is 1. The van der Waals surface area contributed by atoms with Gasteiger partial charge >= 0.3 is 0 Å². The number of thioether (sulfide) groups is 1. The fourth-order valence-electron chi connectivity index (χ4n) is 2.51. The van der Waals surface area contributed by atoms with Crippen molar-refractivity contribution in [1.82, 2.24) is 5.32 Å². The minimum atomic E-state index is 0.00375. The highest BCUT2D eigenvalue weighted by molar-refractivity contribution is 7.99. The van der Waals surface area contributed by atoms with Crippen LogP contribution in [0.1, 0.15) is 36.2 Å². The van der Waals surface area contributed by atoms with Crippen LogP contribution in [0.25, 0.3) is 0 Å². The molecule has 0 saturated heterocycles. The summed E-state index contributed by atoms with van der Waals surface area (Å²) in [5, 5.41) is 3.55. The molecule has 0 aliphatic heterocycles. The lowest BCUT2D eigenvalue weighted by Gasteiger charge is -2.12. The third-order valence-corrected chi connectivity index (χ3v) is 4.88. The lowest BCUT2D eigenvalue weighted by Crippen LogP contribution is -2.24. The number of carbonyl (C=O) groups is 1. The average molecular weight is 357 g/mol. The molecule has 0 unspecified atom stereocenters. The standard InChI is InChI=1S/C21H28N2OS/c1-16(2)25-20-13-9-18(10-14-20)21(24)22-15-5-6-17-7-11-19(12-8-17)23(3)4/h7-14,16H,5-6,15H2,1-4H3,(H,22,24). The van der Waals surface area contributed by atoms with Crippen LogP contribution >= 0.6 is 11.8 Å². The summed E-state index contributed by atoms with van der Waals surface area (Å²) in [6, 6.07) is 16.4. The van der Waals surface area contributed by atoms with Gasteiger partial charge in [-0.2, -0.15) is 0 Å². The van der Waals surface area contributed by atoms with Crippen molar-refractivity contribution >= 4 is 23.4 Å². The van der Waals surface area contributed by atoms with E-state index in [0.29, 0.717) is 11.8 Å². The second-order valence-electron chi connectivity index (χ2n) is 6.61. The van der Waals surface area contributed by atoms with E-state index in [1.54, 1.807) is 11.8 Å². The molecule has 0 spiro atoms. The van der Waals surface area contributed by atoms with Gasteiger partial charge in [-0.25, -0.2) is 0 Å². The van der Waals surface area contributed by atoms with Crippen LogP contribution in [0, 0.1) is 0 Å². The summed E-state index contributed by atoms with van der Waals surface area (Å²) in [5.41, 5.74) is 3.23. The smallest absolute Gasteiger partial charge is 0.251 e. The Hall–Kier alpha value is -1.94. The molecule has 25 heavy (non-hydrogen) atoms. The first kappa shape index (κ1) is 19.4. The van der Waals surface area contributed by atoms with E-state index in [2.05, 4.69) is 48.3 Å². The molecule has 3 nitrogen and oxygen atoms in total. The third kappa shape index (κ3) is 6.46. The van der Waals surface area contributed by atoms with E-state index in [0.717, 1.165) is 18.4 Å². The van der Waals surface area contributed by atoms with E-state index in [9.17, 15) is 4.79 Å². The summed E-state index contributed by atoms with van der Waals surface area (Å²) in [5.74, 6) is 0.00375. The monoisotopic (exact) mass is 356 g/mol. The Labute approximate surface area is 155 Å². The van der Waals surface area contributed by atoms with Crippen molar-refractivity contribution in [3.63, 3.8) is 0 Å². The molecule has 2 rings (SSSR count). The molecule has 1 N–H and O–H groups in total. The predicted octanol–water partition coefficient (Wildman–Crippen LogP) is 4.62. The zero-order chi connectivity index (χ0) is 18.2. The van der Waals surface area contributed by atoms with E-state index in [4.69, 9.17) is 0 Å². The Morgan fingerprint density at radius 2 is 1.68 bits per heavy atom. The molecule has 0 fully saturated rings. The van der Waals surface area contributed by atoms with Gasteiger partial charge in [-0.15, -0.1) is 11.8 Å². The fourth-order valence-corrected chi connectivity index (χ4v) is 3.35. The van der Waals surface area contributed by atoms with Gasteiger partial charge in [0.1, 0.15) is 0 Å². The van der Waals surface area contributed by atoms with Gasteiger partial charge in [0.05, 0.1) is 0 Å². The van der Waals surface area contributed by atoms with Gasteiger partial charge < -0.3 is 10.2 Å². The van der Waals surface area contributed by atoms with Gasteiger partial charge in [0.15, 0.2) is 0 Å². The molecule has 2 aromatic rings. The number of carbonyl (C=O) groups excluding carboxylic acids is 1. The largest absolute Gasteiger partial charge is 0.378 e. The highest BCUT2D eigenvalue weighted by Crippen LogP contribution is 2.22. The second-order valence-corrected chi connectivity index (χ2v) is 8.26. The zero-order valence-electron chi connectivity index (χ0n) is 15.6. The molecule has 0 aromatic heterocycles. The number of nitrogens with zero attached hydrogens (tertiary/aromatic N) is 1. The summed E-state index contributed by atoms with van der Waals surface area (Å²) in [4.78, 5) is 15.5. The summed E-state index contributed by atoms with van der Waals surface area (Å²) in [7, 11) is 4.08. The van der Waals surface area contributed by atoms with Gasteiger partial charge in [-0.3, -0.25) is 4.79 Å². The molecule has 0 aliphatic rings. The lowest BCUT2D eigenvalue weighted by molar-refractivity contribution is 0.0953. The maximum Gasteiger partial charge on any atom is 0.251 e. The predicted molar refractivity (Wildman–Crippen MR) is 109 cm³/mol. The Bertz CT molecular complexity index is 663. The number of hydrogen-bond donors (Lipinski definition) is 1. The molecule has 0 aliphatic carbocycles.